The maximum absolute atomic E-state index is 13.6. The lowest BCUT2D eigenvalue weighted by atomic mass is 10.2. The molecule has 0 spiro atoms. The smallest absolute Gasteiger partial charge is 0.238 e. The highest BCUT2D eigenvalue weighted by molar-refractivity contribution is 5.89. The van der Waals surface area contributed by atoms with Gasteiger partial charge in [-0.2, -0.15) is 0 Å². The van der Waals surface area contributed by atoms with Crippen LogP contribution in [0.2, 0.25) is 0 Å². The molecule has 0 fully saturated rings. The van der Waals surface area contributed by atoms with E-state index >= 15 is 0 Å². The van der Waals surface area contributed by atoms with Crippen molar-refractivity contribution in [2.24, 2.45) is 0 Å². The summed E-state index contributed by atoms with van der Waals surface area (Å²) in [4.78, 5) is 4.42. The van der Waals surface area contributed by atoms with Crippen LogP contribution < -0.4 is 4.74 Å². The molecule has 0 saturated heterocycles. The van der Waals surface area contributed by atoms with Gasteiger partial charge in [-0.1, -0.05) is 24.3 Å². The number of aryl methyl sites for hydroxylation is 1. The molecular weight excluding hydrogens is 394 g/mol. The normalized spacial score (nSPS) is 10.8. The van der Waals surface area contributed by atoms with E-state index in [2.05, 4.69) is 16.5 Å². The van der Waals surface area contributed by atoms with Gasteiger partial charge in [0.2, 0.25) is 5.88 Å². The average molecular weight is 415 g/mol. The Balaban J connectivity index is 0.00000240. The Labute approximate surface area is 174 Å². The van der Waals surface area contributed by atoms with Crippen LogP contribution >= 0.6 is 12.4 Å². The lowest BCUT2D eigenvalue weighted by Gasteiger charge is -2.12. The minimum absolute atomic E-state index is 0. The van der Waals surface area contributed by atoms with Gasteiger partial charge in [0.15, 0.2) is 0 Å². The molecule has 2 heterocycles. The van der Waals surface area contributed by atoms with E-state index < -0.39 is 0 Å². The van der Waals surface area contributed by atoms with Gasteiger partial charge >= 0.3 is 0 Å². The summed E-state index contributed by atoms with van der Waals surface area (Å²) in [5.41, 5.74) is 4.83. The summed E-state index contributed by atoms with van der Waals surface area (Å²) < 4.78 is 34.8. The van der Waals surface area contributed by atoms with Crippen molar-refractivity contribution < 1.29 is 13.5 Å². The van der Waals surface area contributed by atoms with Gasteiger partial charge in [-0.3, -0.25) is 0 Å². The van der Waals surface area contributed by atoms with Crippen molar-refractivity contribution in [3.8, 4) is 5.88 Å². The van der Waals surface area contributed by atoms with E-state index in [1.165, 1.54) is 24.3 Å². The lowest BCUT2D eigenvalue weighted by molar-refractivity contribution is 0.296. The first-order valence-electron chi connectivity index (χ1n) is 9.09. The fourth-order valence-corrected chi connectivity index (χ4v) is 3.42. The molecule has 4 rings (SSSR count). The molecule has 6 heteroatoms. The molecule has 0 N–H and O–H groups in total. The molecule has 0 aliphatic carbocycles. The van der Waals surface area contributed by atoms with Gasteiger partial charge in [-0.25, -0.2) is 13.8 Å². The Morgan fingerprint density at radius 2 is 1.69 bits per heavy atom. The van der Waals surface area contributed by atoms with E-state index in [1.807, 2.05) is 19.1 Å². The molecular formula is C23H21ClF2N2O. The predicted octanol–water partition coefficient (Wildman–Crippen LogP) is 5.98. The topological polar surface area (TPSA) is 27.1 Å². The minimum atomic E-state index is -0.279. The molecule has 2 aromatic carbocycles. The van der Waals surface area contributed by atoms with Gasteiger partial charge in [0.1, 0.15) is 23.8 Å². The first-order valence-corrected chi connectivity index (χ1v) is 9.09. The van der Waals surface area contributed by atoms with E-state index in [4.69, 9.17) is 4.74 Å². The summed E-state index contributed by atoms with van der Waals surface area (Å²) in [6.45, 7) is 4.91. The molecule has 2 aromatic heterocycles. The molecule has 0 saturated carbocycles. The second-order valence-electron chi connectivity index (χ2n) is 6.85. The van der Waals surface area contributed by atoms with Gasteiger partial charge in [-0.05, 0) is 60.9 Å². The van der Waals surface area contributed by atoms with E-state index in [-0.39, 0.29) is 30.6 Å². The van der Waals surface area contributed by atoms with Crippen LogP contribution in [0.4, 0.5) is 8.78 Å². The Morgan fingerprint density at radius 3 is 2.41 bits per heavy atom. The standard InChI is InChI=1S/C23H20F2N2O.ClH/c1-15-16(2)27(13-18-4-3-5-20(25)12-18)22-21(15)10-11-26-23(22)28-14-17-6-8-19(24)9-7-17;/h3-12H,13-14H2,1-2H3;1H. The van der Waals surface area contributed by atoms with Crippen LogP contribution in [0.25, 0.3) is 10.9 Å². The van der Waals surface area contributed by atoms with Crippen molar-refractivity contribution in [1.82, 2.24) is 9.55 Å². The number of halogens is 3. The van der Waals surface area contributed by atoms with Crippen molar-refractivity contribution in [3.63, 3.8) is 0 Å². The van der Waals surface area contributed by atoms with Gasteiger partial charge in [0, 0.05) is 23.8 Å². The SMILES string of the molecule is Cc1c(C)n(Cc2cccc(F)c2)c2c(OCc3ccc(F)cc3)nccc12.Cl. The monoisotopic (exact) mass is 414 g/mol. The second kappa shape index (κ2) is 8.62. The van der Waals surface area contributed by atoms with Gasteiger partial charge in [-0.15, -0.1) is 12.4 Å². The number of benzene rings is 2. The summed E-state index contributed by atoms with van der Waals surface area (Å²) in [6, 6.07) is 14.8. The second-order valence-corrected chi connectivity index (χ2v) is 6.85. The van der Waals surface area contributed by atoms with E-state index in [0.717, 1.165) is 33.3 Å². The summed E-state index contributed by atoms with van der Waals surface area (Å²) in [5, 5.41) is 1.05. The molecule has 3 nitrogen and oxygen atoms in total. The highest BCUT2D eigenvalue weighted by Gasteiger charge is 2.17. The summed E-state index contributed by atoms with van der Waals surface area (Å²) in [6.07, 6.45) is 1.72. The number of ether oxygens (including phenoxy) is 1. The number of rotatable bonds is 5. The van der Waals surface area contributed by atoms with Crippen LogP contribution in [-0.2, 0) is 13.2 Å². The molecule has 4 aromatic rings. The third-order valence-electron chi connectivity index (χ3n) is 5.03. The molecule has 0 unspecified atom stereocenters. The van der Waals surface area contributed by atoms with Crippen LogP contribution in [0.15, 0.2) is 60.8 Å². The maximum atomic E-state index is 13.6. The van der Waals surface area contributed by atoms with Crippen LogP contribution in [0.5, 0.6) is 5.88 Å². The molecule has 0 aliphatic rings. The van der Waals surface area contributed by atoms with E-state index in [1.54, 1.807) is 24.4 Å². The Kier molecular flexibility index (Phi) is 6.18. The zero-order chi connectivity index (χ0) is 19.7. The first kappa shape index (κ1) is 20.8. The lowest BCUT2D eigenvalue weighted by Crippen LogP contribution is -2.05. The van der Waals surface area contributed by atoms with Crippen molar-refractivity contribution in [2.75, 3.05) is 0 Å². The third kappa shape index (κ3) is 4.25. The fourth-order valence-electron chi connectivity index (χ4n) is 3.42. The highest BCUT2D eigenvalue weighted by Crippen LogP contribution is 2.32. The first-order chi connectivity index (χ1) is 13.5. The Hall–Kier alpha value is -2.92. The molecule has 0 amide bonds. The van der Waals surface area contributed by atoms with Crippen molar-refractivity contribution in [1.29, 1.82) is 0 Å². The zero-order valence-electron chi connectivity index (χ0n) is 16.2. The summed E-state index contributed by atoms with van der Waals surface area (Å²) >= 11 is 0. The van der Waals surface area contributed by atoms with E-state index in [9.17, 15) is 8.78 Å². The van der Waals surface area contributed by atoms with Crippen molar-refractivity contribution >= 4 is 23.3 Å². The molecule has 0 aliphatic heterocycles. The van der Waals surface area contributed by atoms with Crippen molar-refractivity contribution in [3.05, 3.63) is 94.8 Å². The van der Waals surface area contributed by atoms with Gasteiger partial charge < -0.3 is 9.30 Å². The average Bonchev–Trinajstić information content (AvgIpc) is 2.93. The molecule has 0 atom stereocenters. The number of aromatic nitrogens is 2. The van der Waals surface area contributed by atoms with Crippen LogP contribution in [0, 0.1) is 25.5 Å². The molecule has 0 radical (unpaired) electrons. The third-order valence-corrected chi connectivity index (χ3v) is 5.03. The Bertz CT molecular complexity index is 1140. The molecule has 0 bridgehead atoms. The van der Waals surface area contributed by atoms with E-state index in [0.29, 0.717) is 12.4 Å². The summed E-state index contributed by atoms with van der Waals surface area (Å²) in [5.74, 6) is -0.0251. The number of pyridine rings is 1. The number of nitrogens with zero attached hydrogens (tertiary/aromatic N) is 2. The Morgan fingerprint density at radius 1 is 0.931 bits per heavy atom. The summed E-state index contributed by atoms with van der Waals surface area (Å²) in [7, 11) is 0. The number of hydrogen-bond donors (Lipinski definition) is 0. The number of hydrogen-bond acceptors (Lipinski definition) is 2. The van der Waals surface area contributed by atoms with Gasteiger partial charge in [0.05, 0.1) is 0 Å². The number of fused-ring (bicyclic) bond motifs is 1. The highest BCUT2D eigenvalue weighted by atomic mass is 35.5. The van der Waals surface area contributed by atoms with Crippen LogP contribution in [-0.4, -0.2) is 9.55 Å². The minimum Gasteiger partial charge on any atom is -0.471 e. The predicted molar refractivity (Wildman–Crippen MR) is 113 cm³/mol. The van der Waals surface area contributed by atoms with Gasteiger partial charge in [0.25, 0.3) is 0 Å². The van der Waals surface area contributed by atoms with Crippen molar-refractivity contribution in [2.45, 2.75) is 27.0 Å². The quantitative estimate of drug-likeness (QED) is 0.401. The molecule has 29 heavy (non-hydrogen) atoms. The molecule has 150 valence electrons. The zero-order valence-corrected chi connectivity index (χ0v) is 17.0. The fraction of sp³-hybridized carbons (Fsp3) is 0.174. The largest absolute Gasteiger partial charge is 0.471 e. The maximum Gasteiger partial charge on any atom is 0.238 e. The van der Waals surface area contributed by atoms with Crippen LogP contribution in [0.3, 0.4) is 0 Å². The van der Waals surface area contributed by atoms with Crippen LogP contribution in [0.1, 0.15) is 22.4 Å².